The van der Waals surface area contributed by atoms with E-state index in [-0.39, 0.29) is 17.4 Å². The molecule has 0 bridgehead atoms. The van der Waals surface area contributed by atoms with Gasteiger partial charge in [0.1, 0.15) is 5.56 Å². The maximum Gasteiger partial charge on any atom is 0.262 e. The van der Waals surface area contributed by atoms with Crippen LogP contribution in [-0.4, -0.2) is 48.0 Å². The second kappa shape index (κ2) is 10.1. The lowest BCUT2D eigenvalue weighted by Gasteiger charge is -2.30. The summed E-state index contributed by atoms with van der Waals surface area (Å²) in [6, 6.07) is 11.7. The molecule has 1 aromatic heterocycles. The standard InChI is InChI=1S/C26H32N6O2/c1-16-5-6-19(27)14-23(16)30-24(33)22-15-28-26(31-25(22)34-4)29-20-7-8-21(17(2)13-20)18-9-11-32(3)12-10-18/h5-8,13-15,18H,9-12,27H2,1-4H3,(H,30,33)(H,28,29,31). The lowest BCUT2D eigenvalue weighted by molar-refractivity contribution is 0.102. The summed E-state index contributed by atoms with van der Waals surface area (Å²) in [5.41, 5.74) is 11.7. The smallest absolute Gasteiger partial charge is 0.262 e. The Morgan fingerprint density at radius 1 is 1.12 bits per heavy atom. The molecular formula is C26H32N6O2. The number of aromatic nitrogens is 2. The number of amides is 1. The molecule has 0 aliphatic carbocycles. The molecule has 2 aromatic carbocycles. The number of hydrogen-bond donors (Lipinski definition) is 3. The molecule has 8 heteroatoms. The molecule has 34 heavy (non-hydrogen) atoms. The van der Waals surface area contributed by atoms with Crippen molar-refractivity contribution in [3.05, 3.63) is 64.8 Å². The fourth-order valence-electron chi connectivity index (χ4n) is 4.36. The average molecular weight is 461 g/mol. The van der Waals surface area contributed by atoms with E-state index in [1.165, 1.54) is 37.3 Å². The Hall–Kier alpha value is -3.65. The third kappa shape index (κ3) is 5.28. The largest absolute Gasteiger partial charge is 0.480 e. The van der Waals surface area contributed by atoms with Gasteiger partial charge in [0.15, 0.2) is 0 Å². The van der Waals surface area contributed by atoms with Gasteiger partial charge in [-0.15, -0.1) is 0 Å². The van der Waals surface area contributed by atoms with Crippen molar-refractivity contribution in [3.63, 3.8) is 0 Å². The van der Waals surface area contributed by atoms with Gasteiger partial charge in [0.25, 0.3) is 5.91 Å². The van der Waals surface area contributed by atoms with Crippen LogP contribution in [0.15, 0.2) is 42.6 Å². The normalized spacial score (nSPS) is 14.6. The number of methoxy groups -OCH3 is 1. The van der Waals surface area contributed by atoms with Crippen LogP contribution in [0.25, 0.3) is 0 Å². The van der Waals surface area contributed by atoms with Crippen molar-refractivity contribution in [2.45, 2.75) is 32.6 Å². The Labute approximate surface area is 200 Å². The van der Waals surface area contributed by atoms with E-state index in [0.29, 0.717) is 23.2 Å². The molecule has 4 N–H and O–H groups in total. The van der Waals surface area contributed by atoms with Crippen LogP contribution >= 0.6 is 0 Å². The zero-order chi connectivity index (χ0) is 24.2. The van der Waals surface area contributed by atoms with E-state index in [2.05, 4.69) is 57.7 Å². The van der Waals surface area contributed by atoms with E-state index < -0.39 is 0 Å². The lowest BCUT2D eigenvalue weighted by atomic mass is 9.87. The number of carbonyl (C=O) groups is 1. The number of ether oxygens (including phenoxy) is 1. The average Bonchev–Trinajstić information content (AvgIpc) is 2.82. The highest BCUT2D eigenvalue weighted by Gasteiger charge is 2.20. The molecular weight excluding hydrogens is 428 g/mol. The predicted octanol–water partition coefficient (Wildman–Crippen LogP) is 4.49. The van der Waals surface area contributed by atoms with Gasteiger partial charge in [-0.2, -0.15) is 4.98 Å². The third-order valence-electron chi connectivity index (χ3n) is 6.39. The number of rotatable bonds is 6. The van der Waals surface area contributed by atoms with Crippen LogP contribution in [0.4, 0.5) is 23.0 Å². The third-order valence-corrected chi connectivity index (χ3v) is 6.39. The van der Waals surface area contributed by atoms with Crippen molar-refractivity contribution in [2.75, 3.05) is 43.6 Å². The van der Waals surface area contributed by atoms with Crippen molar-refractivity contribution >= 4 is 28.9 Å². The number of nitrogens with two attached hydrogens (primary N) is 1. The number of nitrogen functional groups attached to an aromatic ring is 1. The first kappa shape index (κ1) is 23.5. The first-order chi connectivity index (χ1) is 16.3. The van der Waals surface area contributed by atoms with Gasteiger partial charge in [-0.3, -0.25) is 4.79 Å². The summed E-state index contributed by atoms with van der Waals surface area (Å²) in [7, 11) is 3.66. The van der Waals surface area contributed by atoms with Crippen LogP contribution in [0.5, 0.6) is 5.88 Å². The van der Waals surface area contributed by atoms with E-state index in [9.17, 15) is 4.79 Å². The van der Waals surface area contributed by atoms with E-state index in [0.717, 1.165) is 24.3 Å². The fraction of sp³-hybridized carbons (Fsp3) is 0.346. The molecule has 0 spiro atoms. The summed E-state index contributed by atoms with van der Waals surface area (Å²) < 4.78 is 5.39. The van der Waals surface area contributed by atoms with Gasteiger partial charge in [0, 0.05) is 23.3 Å². The topological polar surface area (TPSA) is 105 Å². The molecule has 0 unspecified atom stereocenters. The highest BCUT2D eigenvalue weighted by Crippen LogP contribution is 2.32. The Balaban J connectivity index is 1.49. The molecule has 0 saturated carbocycles. The van der Waals surface area contributed by atoms with Gasteiger partial charge in [-0.25, -0.2) is 4.98 Å². The summed E-state index contributed by atoms with van der Waals surface area (Å²) in [4.78, 5) is 24.0. The Bertz CT molecular complexity index is 1190. The number of nitrogens with zero attached hydrogens (tertiary/aromatic N) is 3. The number of carbonyl (C=O) groups excluding carboxylic acids is 1. The molecule has 0 radical (unpaired) electrons. The summed E-state index contributed by atoms with van der Waals surface area (Å²) in [6.07, 6.45) is 3.83. The highest BCUT2D eigenvalue weighted by molar-refractivity contribution is 6.06. The van der Waals surface area contributed by atoms with Gasteiger partial charge in [0.05, 0.1) is 7.11 Å². The minimum atomic E-state index is -0.365. The minimum Gasteiger partial charge on any atom is -0.480 e. The van der Waals surface area contributed by atoms with Crippen LogP contribution < -0.4 is 21.1 Å². The van der Waals surface area contributed by atoms with Crippen molar-refractivity contribution in [1.29, 1.82) is 0 Å². The van der Waals surface area contributed by atoms with Crippen molar-refractivity contribution < 1.29 is 9.53 Å². The second-order valence-electron chi connectivity index (χ2n) is 8.92. The van der Waals surface area contributed by atoms with Crippen LogP contribution in [0, 0.1) is 13.8 Å². The van der Waals surface area contributed by atoms with Crippen molar-refractivity contribution in [1.82, 2.24) is 14.9 Å². The summed E-state index contributed by atoms with van der Waals surface area (Å²) >= 11 is 0. The van der Waals surface area contributed by atoms with E-state index >= 15 is 0 Å². The van der Waals surface area contributed by atoms with Gasteiger partial charge < -0.3 is 26.0 Å². The molecule has 2 heterocycles. The monoisotopic (exact) mass is 460 g/mol. The van der Waals surface area contributed by atoms with Crippen LogP contribution in [0.1, 0.15) is 45.8 Å². The number of likely N-dealkylation sites (tertiary alicyclic amines) is 1. The van der Waals surface area contributed by atoms with Gasteiger partial charge in [-0.05, 0) is 93.7 Å². The molecule has 178 valence electrons. The van der Waals surface area contributed by atoms with Crippen LogP contribution in [0.3, 0.4) is 0 Å². The summed E-state index contributed by atoms with van der Waals surface area (Å²) in [5.74, 6) is 0.787. The highest BCUT2D eigenvalue weighted by atomic mass is 16.5. The van der Waals surface area contributed by atoms with E-state index in [1.54, 1.807) is 12.1 Å². The molecule has 1 saturated heterocycles. The number of piperidine rings is 1. The molecule has 0 atom stereocenters. The van der Waals surface area contributed by atoms with E-state index in [1.807, 2.05) is 13.0 Å². The summed E-state index contributed by atoms with van der Waals surface area (Å²) in [5, 5.41) is 6.09. The predicted molar refractivity (Wildman–Crippen MR) is 136 cm³/mol. The Morgan fingerprint density at radius 3 is 2.59 bits per heavy atom. The molecule has 3 aromatic rings. The molecule has 1 amide bonds. The van der Waals surface area contributed by atoms with Crippen molar-refractivity contribution in [2.24, 2.45) is 0 Å². The number of hydrogen-bond acceptors (Lipinski definition) is 7. The van der Waals surface area contributed by atoms with Gasteiger partial charge in [-0.1, -0.05) is 12.1 Å². The molecule has 4 rings (SSSR count). The second-order valence-corrected chi connectivity index (χ2v) is 8.92. The van der Waals surface area contributed by atoms with E-state index in [4.69, 9.17) is 10.5 Å². The van der Waals surface area contributed by atoms with Crippen LogP contribution in [0.2, 0.25) is 0 Å². The molecule has 1 aliphatic heterocycles. The number of anilines is 4. The van der Waals surface area contributed by atoms with Crippen molar-refractivity contribution in [3.8, 4) is 5.88 Å². The Morgan fingerprint density at radius 2 is 1.88 bits per heavy atom. The maximum atomic E-state index is 12.8. The molecule has 1 fully saturated rings. The maximum absolute atomic E-state index is 12.8. The first-order valence-corrected chi connectivity index (χ1v) is 11.5. The van der Waals surface area contributed by atoms with Gasteiger partial charge >= 0.3 is 0 Å². The van der Waals surface area contributed by atoms with Crippen LogP contribution in [-0.2, 0) is 0 Å². The van der Waals surface area contributed by atoms with Gasteiger partial charge in [0.2, 0.25) is 11.8 Å². The molecule has 1 aliphatic rings. The first-order valence-electron chi connectivity index (χ1n) is 11.5. The zero-order valence-electron chi connectivity index (χ0n) is 20.2. The number of aryl methyl sites for hydroxylation is 2. The lowest BCUT2D eigenvalue weighted by Crippen LogP contribution is -2.29. The zero-order valence-corrected chi connectivity index (χ0v) is 20.2. The number of nitrogens with one attached hydrogen (secondary N) is 2. The minimum absolute atomic E-state index is 0.191. The molecule has 8 nitrogen and oxygen atoms in total. The Kier molecular flexibility index (Phi) is 6.98. The number of benzene rings is 2. The fourth-order valence-corrected chi connectivity index (χ4v) is 4.36. The summed E-state index contributed by atoms with van der Waals surface area (Å²) in [6.45, 7) is 6.31. The quantitative estimate of drug-likeness (QED) is 0.466. The SMILES string of the molecule is COc1nc(Nc2ccc(C3CCN(C)CC3)c(C)c2)ncc1C(=O)Nc1cc(N)ccc1C.